The number of nitrogens with zero attached hydrogens (tertiary/aromatic N) is 2. The summed E-state index contributed by atoms with van der Waals surface area (Å²) in [6.45, 7) is 1.44. The van der Waals surface area contributed by atoms with E-state index >= 15 is 0 Å². The number of nitro groups is 1. The lowest BCUT2D eigenvalue weighted by Crippen LogP contribution is -2.42. The Morgan fingerprint density at radius 2 is 1.74 bits per heavy atom. The summed E-state index contributed by atoms with van der Waals surface area (Å²) in [6, 6.07) is 3.98. The first-order chi connectivity index (χ1) is 15.8. The van der Waals surface area contributed by atoms with E-state index in [0.717, 1.165) is 35.8 Å². The van der Waals surface area contributed by atoms with Crippen LogP contribution in [0.1, 0.15) is 24.4 Å². The number of carbonyl (C=O) groups is 3. The van der Waals surface area contributed by atoms with Crippen LogP contribution in [-0.2, 0) is 26.7 Å². The molecule has 0 bridgehead atoms. The lowest BCUT2D eigenvalue weighted by atomic mass is 9.96. The Labute approximate surface area is 199 Å². The number of aliphatic hydroxyl groups is 1. The first kappa shape index (κ1) is 30.7. The van der Waals surface area contributed by atoms with Crippen molar-refractivity contribution in [3.8, 4) is 0 Å². The minimum absolute atomic E-state index is 0.409. The van der Waals surface area contributed by atoms with Gasteiger partial charge in [-0.25, -0.2) is 4.79 Å². The van der Waals surface area contributed by atoms with Gasteiger partial charge in [0.2, 0.25) is 0 Å². The summed E-state index contributed by atoms with van der Waals surface area (Å²) in [6.07, 6.45) is -1.37. The highest BCUT2D eigenvalue weighted by atomic mass is 32.2. The van der Waals surface area contributed by atoms with Gasteiger partial charge < -0.3 is 40.4 Å². The molecule has 0 aliphatic heterocycles. The lowest BCUT2D eigenvalue weighted by molar-refractivity contribution is -0.404. The number of thioether (sulfide) groups is 1. The topological polar surface area (TPSA) is 216 Å². The summed E-state index contributed by atoms with van der Waals surface area (Å²) >= 11 is 1.72. The van der Waals surface area contributed by atoms with Crippen LogP contribution in [0, 0.1) is 10.1 Å². The highest BCUT2D eigenvalue weighted by Gasteiger charge is 2.40. The fourth-order valence-electron chi connectivity index (χ4n) is 2.35. The first-order valence-electron chi connectivity index (χ1n) is 9.75. The molecule has 1 heterocycles. The smallest absolute Gasteiger partial charge is 0.336 e. The highest BCUT2D eigenvalue weighted by molar-refractivity contribution is 7.98. The molecule has 1 aromatic heterocycles. The van der Waals surface area contributed by atoms with Crippen LogP contribution in [0.25, 0.3) is 0 Å². The zero-order valence-corrected chi connectivity index (χ0v) is 19.8. The van der Waals surface area contributed by atoms with Crippen molar-refractivity contribution in [2.75, 3.05) is 33.4 Å². The third-order valence-electron chi connectivity index (χ3n) is 3.78. The molecule has 1 rings (SSSR count). The van der Waals surface area contributed by atoms with E-state index in [1.165, 1.54) is 0 Å². The molecule has 1 aromatic rings. The SMILES string of the molecule is CN/C(=C/[N+](=O)[O-])NCCSCc1ccc(CN(C)C)o1.O=C(O)CC(O)(CC(=O)O)C(=O)O. The molecule has 192 valence electrons. The van der Waals surface area contributed by atoms with Gasteiger partial charge >= 0.3 is 17.9 Å². The zero-order chi connectivity index (χ0) is 26.3. The quantitative estimate of drug-likeness (QED) is 0.106. The molecular weight excluding hydrogens is 476 g/mol. The fraction of sp³-hybridized carbons (Fsp3) is 0.526. The lowest BCUT2D eigenvalue weighted by Gasteiger charge is -2.18. The van der Waals surface area contributed by atoms with E-state index in [9.17, 15) is 24.5 Å². The molecule has 0 saturated carbocycles. The summed E-state index contributed by atoms with van der Waals surface area (Å²) in [7, 11) is 5.64. The summed E-state index contributed by atoms with van der Waals surface area (Å²) in [4.78, 5) is 42.4. The second-order valence-electron chi connectivity index (χ2n) is 7.14. The Hall–Kier alpha value is -3.30. The molecule has 6 N–H and O–H groups in total. The summed E-state index contributed by atoms with van der Waals surface area (Å²) in [5.41, 5.74) is -2.74. The molecule has 0 aliphatic rings. The molecule has 0 aromatic carbocycles. The van der Waals surface area contributed by atoms with E-state index < -0.39 is 41.3 Å². The standard InChI is InChI=1S/C13H22N4O3S.C6H8O7/c1-14-13(9-17(18)19)15-6-7-21-10-12-5-4-11(20-12)8-16(2)3;7-3(8)1-6(13,5(11)12)2-4(9)10/h4-5,9,14-15H,6-8,10H2,1-3H3;13H,1-2H2,(H,7,8)(H,9,10)(H,11,12)/b13-9-;. The van der Waals surface area contributed by atoms with Crippen LogP contribution in [0.15, 0.2) is 28.6 Å². The Kier molecular flexibility index (Phi) is 14.0. The van der Waals surface area contributed by atoms with Crippen LogP contribution in [0.3, 0.4) is 0 Å². The average molecular weight is 507 g/mol. The van der Waals surface area contributed by atoms with Crippen LogP contribution in [0.4, 0.5) is 0 Å². The number of carboxylic acid groups (broad SMARTS) is 3. The molecule has 0 saturated heterocycles. The molecule has 0 radical (unpaired) electrons. The summed E-state index contributed by atoms with van der Waals surface area (Å²) in [5, 5.41) is 49.9. The van der Waals surface area contributed by atoms with E-state index in [4.69, 9.17) is 24.8 Å². The average Bonchev–Trinajstić information content (AvgIpc) is 3.12. The first-order valence-corrected chi connectivity index (χ1v) is 10.9. The van der Waals surface area contributed by atoms with Gasteiger partial charge in [0.15, 0.2) is 11.4 Å². The predicted molar refractivity (Wildman–Crippen MR) is 121 cm³/mol. The number of hydrogen-bond acceptors (Lipinski definition) is 11. The maximum atomic E-state index is 10.3. The van der Waals surface area contributed by atoms with Crippen molar-refractivity contribution in [1.29, 1.82) is 0 Å². The van der Waals surface area contributed by atoms with Gasteiger partial charge in [-0.05, 0) is 26.2 Å². The maximum absolute atomic E-state index is 10.3. The van der Waals surface area contributed by atoms with Gasteiger partial charge in [0.1, 0.15) is 11.5 Å². The Balaban J connectivity index is 0.000000722. The monoisotopic (exact) mass is 506 g/mol. The molecule has 15 heteroatoms. The minimum Gasteiger partial charge on any atom is -0.481 e. The van der Waals surface area contributed by atoms with Crippen molar-refractivity contribution in [1.82, 2.24) is 15.5 Å². The number of rotatable bonds is 15. The number of carboxylic acids is 3. The van der Waals surface area contributed by atoms with E-state index in [1.54, 1.807) is 18.8 Å². The highest BCUT2D eigenvalue weighted by Crippen LogP contribution is 2.16. The normalized spacial score (nSPS) is 11.4. The Bertz CT molecular complexity index is 840. The fourth-order valence-corrected chi connectivity index (χ4v) is 3.09. The number of aliphatic carboxylic acids is 3. The third-order valence-corrected chi connectivity index (χ3v) is 4.77. The molecule has 0 atom stereocenters. The predicted octanol–water partition coefficient (Wildman–Crippen LogP) is 0.211. The molecule has 34 heavy (non-hydrogen) atoms. The van der Waals surface area contributed by atoms with Gasteiger partial charge in [-0.15, -0.1) is 0 Å². The van der Waals surface area contributed by atoms with E-state index in [0.29, 0.717) is 12.4 Å². The van der Waals surface area contributed by atoms with E-state index in [2.05, 4.69) is 15.5 Å². The Morgan fingerprint density at radius 1 is 1.18 bits per heavy atom. The molecule has 0 unspecified atom stereocenters. The molecular formula is C19H30N4O10S. The summed E-state index contributed by atoms with van der Waals surface area (Å²) in [5.74, 6) is -1.07. The van der Waals surface area contributed by atoms with Crippen molar-refractivity contribution in [3.05, 3.63) is 45.8 Å². The number of furan rings is 1. The second-order valence-corrected chi connectivity index (χ2v) is 8.25. The van der Waals surface area contributed by atoms with Crippen molar-refractivity contribution in [3.63, 3.8) is 0 Å². The largest absolute Gasteiger partial charge is 0.481 e. The van der Waals surface area contributed by atoms with Crippen molar-refractivity contribution in [2.45, 2.75) is 30.7 Å². The zero-order valence-electron chi connectivity index (χ0n) is 19.0. The number of nitrogens with one attached hydrogen (secondary N) is 2. The molecule has 0 aliphatic carbocycles. The Morgan fingerprint density at radius 3 is 2.18 bits per heavy atom. The van der Waals surface area contributed by atoms with E-state index in [1.807, 2.05) is 26.2 Å². The van der Waals surface area contributed by atoms with Crippen molar-refractivity contribution >= 4 is 29.7 Å². The van der Waals surface area contributed by atoms with Crippen LogP contribution in [-0.4, -0.2) is 87.2 Å². The molecule has 14 nitrogen and oxygen atoms in total. The van der Waals surface area contributed by atoms with Gasteiger partial charge in [-0.1, -0.05) is 0 Å². The van der Waals surface area contributed by atoms with Crippen LogP contribution in [0.5, 0.6) is 0 Å². The minimum atomic E-state index is -2.74. The van der Waals surface area contributed by atoms with Gasteiger partial charge in [-0.2, -0.15) is 11.8 Å². The molecule has 0 amide bonds. The summed E-state index contributed by atoms with van der Waals surface area (Å²) < 4.78 is 5.70. The maximum Gasteiger partial charge on any atom is 0.336 e. The van der Waals surface area contributed by atoms with Gasteiger partial charge in [0, 0.05) is 19.3 Å². The number of hydrogen-bond donors (Lipinski definition) is 6. The van der Waals surface area contributed by atoms with Crippen LogP contribution in [0.2, 0.25) is 0 Å². The molecule has 0 fully saturated rings. The van der Waals surface area contributed by atoms with Crippen molar-refractivity contribution in [2.24, 2.45) is 0 Å². The van der Waals surface area contributed by atoms with Gasteiger partial charge in [0.05, 0.1) is 30.1 Å². The van der Waals surface area contributed by atoms with E-state index in [-0.39, 0.29) is 0 Å². The van der Waals surface area contributed by atoms with Gasteiger partial charge in [0.25, 0.3) is 6.20 Å². The molecule has 0 spiro atoms. The van der Waals surface area contributed by atoms with Gasteiger partial charge in [-0.3, -0.25) is 19.7 Å². The second kappa shape index (κ2) is 15.5. The van der Waals surface area contributed by atoms with Crippen molar-refractivity contribution < 1.29 is 44.2 Å². The third kappa shape index (κ3) is 14.0. The van der Waals surface area contributed by atoms with Crippen LogP contribution < -0.4 is 10.6 Å². The van der Waals surface area contributed by atoms with Crippen LogP contribution >= 0.6 is 11.8 Å².